The van der Waals surface area contributed by atoms with Gasteiger partial charge in [0.15, 0.2) is 11.6 Å². The molecule has 0 heterocycles. The highest BCUT2D eigenvalue weighted by molar-refractivity contribution is 9.10. The molecular formula is C15H10BrClF3NO3. The molecular weight excluding hydrogens is 415 g/mol. The van der Waals surface area contributed by atoms with E-state index in [1.165, 1.54) is 26.4 Å². The SMILES string of the molecule is COc1cc(C(=O)Nc2c(F)cc(F)c(Cl)c2F)cc(OC)c1Br. The van der Waals surface area contributed by atoms with Crippen molar-refractivity contribution in [1.82, 2.24) is 0 Å². The van der Waals surface area contributed by atoms with Gasteiger partial charge in [0.25, 0.3) is 5.91 Å². The zero-order valence-corrected chi connectivity index (χ0v) is 14.7. The first-order valence-electron chi connectivity index (χ1n) is 6.36. The van der Waals surface area contributed by atoms with Crippen molar-refractivity contribution in [2.24, 2.45) is 0 Å². The van der Waals surface area contributed by atoms with E-state index in [4.69, 9.17) is 21.1 Å². The Hall–Kier alpha value is -1.93. The normalized spacial score (nSPS) is 10.5. The Kier molecular flexibility index (Phi) is 5.61. The lowest BCUT2D eigenvalue weighted by Crippen LogP contribution is -2.15. The zero-order valence-electron chi connectivity index (χ0n) is 12.3. The molecule has 2 rings (SSSR count). The van der Waals surface area contributed by atoms with Crippen molar-refractivity contribution >= 4 is 39.1 Å². The summed E-state index contributed by atoms with van der Waals surface area (Å²) in [6, 6.07) is 3.05. The molecule has 0 saturated heterocycles. The molecule has 0 bridgehead atoms. The smallest absolute Gasteiger partial charge is 0.256 e. The van der Waals surface area contributed by atoms with Gasteiger partial charge in [-0.25, -0.2) is 13.2 Å². The standard InChI is InChI=1S/C15H10BrClF3NO3/c1-23-9-3-6(4-10(24-2)11(9)16)15(22)21-14-8(19)5-7(18)12(17)13(14)20/h3-5H,1-2H3,(H,21,22). The van der Waals surface area contributed by atoms with Gasteiger partial charge in [-0.05, 0) is 28.1 Å². The highest BCUT2D eigenvalue weighted by Gasteiger charge is 2.21. The number of nitrogens with one attached hydrogen (secondary N) is 1. The molecule has 0 aromatic heterocycles. The van der Waals surface area contributed by atoms with Gasteiger partial charge in [0.1, 0.15) is 32.5 Å². The van der Waals surface area contributed by atoms with E-state index in [0.717, 1.165) is 0 Å². The Morgan fingerprint density at radius 3 is 2.12 bits per heavy atom. The van der Waals surface area contributed by atoms with Crippen LogP contribution in [0.15, 0.2) is 22.7 Å². The number of hydrogen-bond acceptors (Lipinski definition) is 3. The molecule has 128 valence electrons. The topological polar surface area (TPSA) is 47.6 Å². The second kappa shape index (κ2) is 7.31. The van der Waals surface area contributed by atoms with Crippen LogP contribution in [0, 0.1) is 17.5 Å². The molecule has 0 aliphatic carbocycles. The van der Waals surface area contributed by atoms with Gasteiger partial charge in [0.2, 0.25) is 0 Å². The molecule has 0 aliphatic heterocycles. The Labute approximate surface area is 148 Å². The lowest BCUT2D eigenvalue weighted by atomic mass is 10.1. The minimum absolute atomic E-state index is 0.00569. The van der Waals surface area contributed by atoms with E-state index >= 15 is 0 Å². The Morgan fingerprint density at radius 1 is 1.08 bits per heavy atom. The van der Waals surface area contributed by atoms with Crippen molar-refractivity contribution in [3.8, 4) is 11.5 Å². The summed E-state index contributed by atoms with van der Waals surface area (Å²) in [7, 11) is 2.75. The van der Waals surface area contributed by atoms with Crippen molar-refractivity contribution in [3.63, 3.8) is 0 Å². The Bertz CT molecular complexity index is 792. The average molecular weight is 425 g/mol. The monoisotopic (exact) mass is 423 g/mol. The first kappa shape index (κ1) is 18.4. The third-order valence-electron chi connectivity index (χ3n) is 3.06. The van der Waals surface area contributed by atoms with Crippen LogP contribution in [0.25, 0.3) is 0 Å². The van der Waals surface area contributed by atoms with Crippen LogP contribution in [-0.4, -0.2) is 20.1 Å². The minimum atomic E-state index is -1.40. The molecule has 1 N–H and O–H groups in total. The molecule has 4 nitrogen and oxygen atoms in total. The maximum Gasteiger partial charge on any atom is 0.256 e. The molecule has 24 heavy (non-hydrogen) atoms. The van der Waals surface area contributed by atoms with Crippen LogP contribution in [-0.2, 0) is 0 Å². The molecule has 1 amide bonds. The Morgan fingerprint density at radius 2 is 1.62 bits per heavy atom. The summed E-state index contributed by atoms with van der Waals surface area (Å²) in [5, 5.41) is 1.10. The number of rotatable bonds is 4. The van der Waals surface area contributed by atoms with Crippen LogP contribution in [0.3, 0.4) is 0 Å². The van der Waals surface area contributed by atoms with Crippen molar-refractivity contribution in [2.75, 3.05) is 19.5 Å². The van der Waals surface area contributed by atoms with Gasteiger partial charge in [-0.3, -0.25) is 4.79 Å². The Balaban J connectivity index is 2.43. The van der Waals surface area contributed by atoms with E-state index in [-0.39, 0.29) is 17.1 Å². The summed E-state index contributed by atoms with van der Waals surface area (Å²) in [6.07, 6.45) is 0. The van der Waals surface area contributed by atoms with Crippen LogP contribution >= 0.6 is 27.5 Å². The number of benzene rings is 2. The van der Waals surface area contributed by atoms with Crippen molar-refractivity contribution in [3.05, 3.63) is 50.7 Å². The molecule has 0 saturated carbocycles. The van der Waals surface area contributed by atoms with Crippen LogP contribution < -0.4 is 14.8 Å². The number of ether oxygens (including phenoxy) is 2. The summed E-state index contributed by atoms with van der Waals surface area (Å²) in [5.41, 5.74) is -0.849. The highest BCUT2D eigenvalue weighted by Crippen LogP contribution is 2.36. The molecule has 0 aliphatic rings. The number of hydrogen-bond donors (Lipinski definition) is 1. The highest BCUT2D eigenvalue weighted by atomic mass is 79.9. The number of anilines is 1. The van der Waals surface area contributed by atoms with E-state index in [1.807, 2.05) is 5.32 Å². The van der Waals surface area contributed by atoms with Gasteiger partial charge in [0, 0.05) is 11.6 Å². The van der Waals surface area contributed by atoms with Gasteiger partial charge in [0.05, 0.1) is 14.2 Å². The quantitative estimate of drug-likeness (QED) is 0.567. The maximum absolute atomic E-state index is 13.9. The van der Waals surface area contributed by atoms with E-state index in [2.05, 4.69) is 15.9 Å². The molecule has 0 radical (unpaired) electrons. The van der Waals surface area contributed by atoms with Crippen molar-refractivity contribution in [1.29, 1.82) is 0 Å². The lowest BCUT2D eigenvalue weighted by molar-refractivity contribution is 0.102. The number of carbonyl (C=O) groups is 1. The van der Waals surface area contributed by atoms with E-state index < -0.39 is 34.1 Å². The summed E-state index contributed by atoms with van der Waals surface area (Å²) in [5.74, 6) is -4.27. The van der Waals surface area contributed by atoms with E-state index in [9.17, 15) is 18.0 Å². The summed E-state index contributed by atoms with van der Waals surface area (Å²) in [4.78, 5) is 12.3. The fourth-order valence-corrected chi connectivity index (χ4v) is 2.57. The molecule has 0 fully saturated rings. The lowest BCUT2D eigenvalue weighted by Gasteiger charge is -2.13. The van der Waals surface area contributed by atoms with Crippen LogP contribution in [0.5, 0.6) is 11.5 Å². The van der Waals surface area contributed by atoms with Gasteiger partial charge >= 0.3 is 0 Å². The summed E-state index contributed by atoms with van der Waals surface area (Å²) >= 11 is 8.62. The number of methoxy groups -OCH3 is 2. The predicted octanol–water partition coefficient (Wildman–Crippen LogP) is 4.79. The van der Waals surface area contributed by atoms with Crippen LogP contribution in [0.1, 0.15) is 10.4 Å². The molecule has 2 aromatic carbocycles. The van der Waals surface area contributed by atoms with Gasteiger partial charge in [-0.15, -0.1) is 0 Å². The largest absolute Gasteiger partial charge is 0.495 e. The minimum Gasteiger partial charge on any atom is -0.495 e. The number of amides is 1. The third-order valence-corrected chi connectivity index (χ3v) is 4.19. The third kappa shape index (κ3) is 3.44. The predicted molar refractivity (Wildman–Crippen MR) is 86.5 cm³/mol. The zero-order chi connectivity index (χ0) is 18.0. The van der Waals surface area contributed by atoms with Crippen molar-refractivity contribution in [2.45, 2.75) is 0 Å². The number of carbonyl (C=O) groups excluding carboxylic acids is 1. The first-order valence-corrected chi connectivity index (χ1v) is 7.53. The molecule has 9 heteroatoms. The first-order chi connectivity index (χ1) is 11.3. The molecule has 0 spiro atoms. The van der Waals surface area contributed by atoms with E-state index in [1.54, 1.807) is 0 Å². The van der Waals surface area contributed by atoms with Crippen molar-refractivity contribution < 1.29 is 27.4 Å². The van der Waals surface area contributed by atoms with E-state index in [0.29, 0.717) is 10.5 Å². The summed E-state index contributed by atoms with van der Waals surface area (Å²) < 4.78 is 51.4. The average Bonchev–Trinajstić information content (AvgIpc) is 2.56. The second-order valence-electron chi connectivity index (χ2n) is 4.49. The van der Waals surface area contributed by atoms with Gasteiger partial charge < -0.3 is 14.8 Å². The molecule has 0 atom stereocenters. The fraction of sp³-hybridized carbons (Fsp3) is 0.133. The van der Waals surface area contributed by atoms with Gasteiger partial charge in [-0.2, -0.15) is 0 Å². The molecule has 0 unspecified atom stereocenters. The van der Waals surface area contributed by atoms with Crippen LogP contribution in [0.4, 0.5) is 18.9 Å². The van der Waals surface area contributed by atoms with Crippen LogP contribution in [0.2, 0.25) is 5.02 Å². The second-order valence-corrected chi connectivity index (χ2v) is 5.66. The van der Waals surface area contributed by atoms with Gasteiger partial charge in [-0.1, -0.05) is 11.6 Å². The summed E-state index contributed by atoms with van der Waals surface area (Å²) in [6.45, 7) is 0. The number of halogens is 5. The molecule has 2 aromatic rings. The maximum atomic E-state index is 13.9. The fourth-order valence-electron chi connectivity index (χ4n) is 1.87.